The molecule has 2 aromatic rings. The van der Waals surface area contributed by atoms with E-state index in [0.29, 0.717) is 0 Å². The molecule has 2 aromatic carbocycles. The molecule has 0 fully saturated rings. The largest absolute Gasteiger partial charge is 0.497 e. The van der Waals surface area contributed by atoms with Crippen molar-refractivity contribution in [1.82, 2.24) is 5.01 Å². The predicted molar refractivity (Wildman–Crippen MR) is 107 cm³/mol. The van der Waals surface area contributed by atoms with E-state index < -0.39 is 0 Å². The van der Waals surface area contributed by atoms with Crippen molar-refractivity contribution < 1.29 is 13.9 Å². The molecule has 0 N–H and O–H groups in total. The molecular formula is C23H23FN2O2. The third kappa shape index (κ3) is 3.21. The Labute approximate surface area is 164 Å². The summed E-state index contributed by atoms with van der Waals surface area (Å²) in [6, 6.07) is 12.6. The van der Waals surface area contributed by atoms with E-state index in [-0.39, 0.29) is 23.6 Å². The fraction of sp³-hybridized carbons (Fsp3) is 0.304. The first-order chi connectivity index (χ1) is 13.5. The summed E-state index contributed by atoms with van der Waals surface area (Å²) in [5.74, 6) is 0.749. The molecule has 0 spiro atoms. The molecule has 0 saturated heterocycles. The summed E-state index contributed by atoms with van der Waals surface area (Å²) >= 11 is 0. The highest BCUT2D eigenvalue weighted by molar-refractivity contribution is 6.06. The van der Waals surface area contributed by atoms with Gasteiger partial charge in [0, 0.05) is 23.3 Å². The lowest BCUT2D eigenvalue weighted by atomic mass is 9.77. The zero-order valence-electron chi connectivity index (χ0n) is 16.3. The first kappa shape index (κ1) is 18.4. The van der Waals surface area contributed by atoms with E-state index in [1.165, 1.54) is 24.6 Å². The summed E-state index contributed by atoms with van der Waals surface area (Å²) in [7, 11) is 1.67. The van der Waals surface area contributed by atoms with Gasteiger partial charge in [-0.25, -0.2) is 4.39 Å². The lowest BCUT2D eigenvalue weighted by molar-refractivity contribution is -0.112. The van der Waals surface area contributed by atoms with Gasteiger partial charge in [-0.2, -0.15) is 5.10 Å². The van der Waals surface area contributed by atoms with Crippen molar-refractivity contribution in [2.24, 2.45) is 11.0 Å². The zero-order chi connectivity index (χ0) is 19.8. The fourth-order valence-corrected chi connectivity index (χ4v) is 4.28. The quantitative estimate of drug-likeness (QED) is 0.727. The minimum Gasteiger partial charge on any atom is -0.497 e. The number of carbonyl (C=O) groups excluding carboxylic acids is 1. The Morgan fingerprint density at radius 3 is 2.64 bits per heavy atom. The lowest BCUT2D eigenvalue weighted by Gasteiger charge is -2.31. The molecule has 0 saturated carbocycles. The summed E-state index contributed by atoms with van der Waals surface area (Å²) in [4.78, 5) is 11.7. The molecule has 0 amide bonds. The van der Waals surface area contributed by atoms with Crippen LogP contribution in [0.5, 0.6) is 5.75 Å². The van der Waals surface area contributed by atoms with Gasteiger partial charge in [0.05, 0.1) is 18.9 Å². The Hall–Kier alpha value is -2.95. The van der Waals surface area contributed by atoms with Crippen LogP contribution < -0.4 is 4.74 Å². The van der Waals surface area contributed by atoms with E-state index in [1.54, 1.807) is 13.2 Å². The highest BCUT2D eigenvalue weighted by atomic mass is 19.1. The van der Waals surface area contributed by atoms with E-state index in [2.05, 4.69) is 12.1 Å². The Morgan fingerprint density at radius 2 is 1.96 bits per heavy atom. The van der Waals surface area contributed by atoms with Crippen LogP contribution in [0.4, 0.5) is 4.39 Å². The van der Waals surface area contributed by atoms with Crippen molar-refractivity contribution >= 4 is 11.5 Å². The maximum absolute atomic E-state index is 13.5. The highest BCUT2D eigenvalue weighted by Crippen LogP contribution is 2.45. The molecule has 0 bridgehead atoms. The highest BCUT2D eigenvalue weighted by Gasteiger charge is 2.42. The topological polar surface area (TPSA) is 41.9 Å². The van der Waals surface area contributed by atoms with Gasteiger partial charge >= 0.3 is 0 Å². The Bertz CT molecular complexity index is 979. The van der Waals surface area contributed by atoms with E-state index >= 15 is 0 Å². The van der Waals surface area contributed by atoms with Gasteiger partial charge in [0.2, 0.25) is 0 Å². The number of carbonyl (C=O) groups is 1. The summed E-state index contributed by atoms with van der Waals surface area (Å²) in [5, 5.41) is 6.86. The van der Waals surface area contributed by atoms with E-state index in [1.807, 2.05) is 30.1 Å². The van der Waals surface area contributed by atoms with Crippen LogP contribution in [-0.2, 0) is 11.2 Å². The third-order valence-electron chi connectivity index (χ3n) is 5.51. The number of rotatable bonds is 4. The minimum atomic E-state index is -0.258. The predicted octanol–water partition coefficient (Wildman–Crippen LogP) is 4.65. The molecule has 4 rings (SSSR count). The van der Waals surface area contributed by atoms with Gasteiger partial charge in [0.25, 0.3) is 0 Å². The van der Waals surface area contributed by atoms with Crippen molar-refractivity contribution in [2.45, 2.75) is 32.7 Å². The summed E-state index contributed by atoms with van der Waals surface area (Å²) < 4.78 is 18.9. The van der Waals surface area contributed by atoms with Crippen LogP contribution in [0.3, 0.4) is 0 Å². The summed E-state index contributed by atoms with van der Waals surface area (Å²) in [6.07, 6.45) is 3.47. The van der Waals surface area contributed by atoms with Crippen LogP contribution in [0, 0.1) is 11.7 Å². The fourth-order valence-electron chi connectivity index (χ4n) is 4.28. The molecule has 0 radical (unpaired) electrons. The molecule has 0 aromatic heterocycles. The number of allylic oxidation sites excluding steroid dienone is 2. The molecule has 1 aliphatic heterocycles. The first-order valence-electron chi connectivity index (χ1n) is 9.47. The maximum atomic E-state index is 13.5. The molecule has 4 nitrogen and oxygen atoms in total. The van der Waals surface area contributed by atoms with Gasteiger partial charge in [-0.05, 0) is 68.1 Å². The average molecular weight is 378 g/mol. The number of hydrogen-bond acceptors (Lipinski definition) is 4. The number of halogens is 1. The molecule has 2 atom stereocenters. The summed E-state index contributed by atoms with van der Waals surface area (Å²) in [5.41, 5.74) is 5.16. The molecule has 1 heterocycles. The number of ether oxygens (including phenoxy) is 1. The number of nitrogens with zero attached hydrogens (tertiary/aromatic N) is 2. The molecule has 28 heavy (non-hydrogen) atoms. The lowest BCUT2D eigenvalue weighted by Crippen LogP contribution is -2.28. The average Bonchev–Trinajstić information content (AvgIpc) is 3.07. The SMILES string of the molecule is COc1ccc2c(c1)CC[C@H]1C2=NN(C(C)=CC(C)=O)[C@H]1c1ccc(F)cc1. The second kappa shape index (κ2) is 7.23. The van der Waals surface area contributed by atoms with Crippen LogP contribution in [0.2, 0.25) is 0 Å². The second-order valence-electron chi connectivity index (χ2n) is 7.39. The van der Waals surface area contributed by atoms with Crippen molar-refractivity contribution in [3.8, 4) is 5.75 Å². The molecule has 144 valence electrons. The van der Waals surface area contributed by atoms with E-state index in [4.69, 9.17) is 9.84 Å². The van der Waals surface area contributed by atoms with Crippen molar-refractivity contribution in [1.29, 1.82) is 0 Å². The normalized spacial score (nSPS) is 21.1. The number of hydrogen-bond donors (Lipinski definition) is 0. The van der Waals surface area contributed by atoms with Gasteiger partial charge in [-0.15, -0.1) is 0 Å². The number of fused-ring (bicyclic) bond motifs is 3. The second-order valence-corrected chi connectivity index (χ2v) is 7.39. The van der Waals surface area contributed by atoms with Gasteiger partial charge in [0.15, 0.2) is 5.78 Å². The van der Waals surface area contributed by atoms with Crippen LogP contribution in [0.1, 0.15) is 43.0 Å². The molecule has 1 aliphatic carbocycles. The van der Waals surface area contributed by atoms with Gasteiger partial charge in [-0.1, -0.05) is 12.1 Å². The molecular weight excluding hydrogens is 355 g/mol. The Balaban J connectivity index is 1.81. The molecule has 2 aliphatic rings. The number of methoxy groups -OCH3 is 1. The third-order valence-corrected chi connectivity index (χ3v) is 5.51. The molecule has 5 heteroatoms. The Morgan fingerprint density at radius 1 is 1.21 bits per heavy atom. The minimum absolute atomic E-state index is 0.0180. The van der Waals surface area contributed by atoms with Gasteiger partial charge < -0.3 is 4.74 Å². The Kier molecular flexibility index (Phi) is 4.75. The maximum Gasteiger partial charge on any atom is 0.154 e. The standard InChI is InChI=1S/C23H23FN2O2/c1-14(12-15(2)27)26-23(16-4-7-18(24)8-5-16)21-10-6-17-13-19(28-3)9-11-20(17)22(21)25-26/h4-5,7-9,11-13,21,23H,6,10H2,1-3H3/t21-,23-/m0/s1. The van der Waals surface area contributed by atoms with Crippen molar-refractivity contribution in [3.05, 3.63) is 76.7 Å². The van der Waals surface area contributed by atoms with Crippen molar-refractivity contribution in [2.75, 3.05) is 7.11 Å². The monoisotopic (exact) mass is 378 g/mol. The van der Waals surface area contributed by atoms with E-state index in [0.717, 1.165) is 41.1 Å². The zero-order valence-corrected chi connectivity index (χ0v) is 16.3. The molecule has 0 unspecified atom stereocenters. The van der Waals surface area contributed by atoms with Crippen LogP contribution >= 0.6 is 0 Å². The van der Waals surface area contributed by atoms with Gasteiger partial charge in [0.1, 0.15) is 11.6 Å². The van der Waals surface area contributed by atoms with Crippen LogP contribution in [-0.4, -0.2) is 23.6 Å². The van der Waals surface area contributed by atoms with Crippen molar-refractivity contribution in [3.63, 3.8) is 0 Å². The van der Waals surface area contributed by atoms with E-state index in [9.17, 15) is 9.18 Å². The smallest absolute Gasteiger partial charge is 0.154 e. The first-order valence-corrected chi connectivity index (χ1v) is 9.47. The van der Waals surface area contributed by atoms with Crippen LogP contribution in [0.15, 0.2) is 59.3 Å². The number of ketones is 1. The van der Waals surface area contributed by atoms with Gasteiger partial charge in [-0.3, -0.25) is 9.80 Å². The summed E-state index contributed by atoms with van der Waals surface area (Å²) in [6.45, 7) is 3.43. The number of aryl methyl sites for hydroxylation is 1. The number of benzene rings is 2. The van der Waals surface area contributed by atoms with Crippen LogP contribution in [0.25, 0.3) is 0 Å². The number of hydrazone groups is 1.